The van der Waals surface area contributed by atoms with Gasteiger partial charge in [-0.25, -0.2) is 4.98 Å². The van der Waals surface area contributed by atoms with Crippen molar-refractivity contribution < 1.29 is 0 Å². The van der Waals surface area contributed by atoms with E-state index in [-0.39, 0.29) is 0 Å². The first-order chi connectivity index (χ1) is 8.72. The molecule has 2 aromatic rings. The first-order valence-corrected chi connectivity index (χ1v) is 6.90. The molecule has 1 aromatic carbocycles. The summed E-state index contributed by atoms with van der Waals surface area (Å²) in [4.78, 5) is 10.3. The third-order valence-electron chi connectivity index (χ3n) is 3.15. The number of nitrogens with zero attached hydrogens (tertiary/aromatic N) is 2. The van der Waals surface area contributed by atoms with Crippen molar-refractivity contribution in [1.82, 2.24) is 14.9 Å². The van der Waals surface area contributed by atoms with Gasteiger partial charge in [0.2, 0.25) is 0 Å². The molecule has 0 radical (unpaired) electrons. The summed E-state index contributed by atoms with van der Waals surface area (Å²) in [6.45, 7) is 9.87. The van der Waals surface area contributed by atoms with Gasteiger partial charge < -0.3 is 4.98 Å². The number of hydrogen-bond donors (Lipinski definition) is 1. The molecule has 0 aliphatic rings. The van der Waals surface area contributed by atoms with Crippen LogP contribution in [0.2, 0.25) is 0 Å². The summed E-state index contributed by atoms with van der Waals surface area (Å²) < 4.78 is 0. The lowest BCUT2D eigenvalue weighted by Gasteiger charge is -2.20. The highest BCUT2D eigenvalue weighted by Gasteiger charge is 2.06. The van der Waals surface area contributed by atoms with Gasteiger partial charge in [-0.15, -0.1) is 0 Å². The number of rotatable bonds is 6. The molecule has 98 valence electrons. The van der Waals surface area contributed by atoms with Crippen molar-refractivity contribution >= 4 is 11.0 Å². The smallest absolute Gasteiger partial charge is 0.104 e. The molecule has 0 saturated heterocycles. The third kappa shape index (κ3) is 3.10. The molecule has 1 N–H and O–H groups in total. The van der Waals surface area contributed by atoms with Gasteiger partial charge in [-0.05, 0) is 50.6 Å². The van der Waals surface area contributed by atoms with E-state index in [0.717, 1.165) is 23.4 Å². The maximum absolute atomic E-state index is 4.44. The Labute approximate surface area is 109 Å². The van der Waals surface area contributed by atoms with Gasteiger partial charge >= 0.3 is 0 Å². The molecule has 0 bridgehead atoms. The maximum Gasteiger partial charge on any atom is 0.104 e. The Bertz CT molecular complexity index is 495. The molecule has 1 heterocycles. The van der Waals surface area contributed by atoms with Gasteiger partial charge in [0, 0.05) is 6.54 Å². The number of aryl methyl sites for hydroxylation is 1. The standard InChI is InChI=1S/C15H23N3/c1-4-8-18(9-5-2)11-13-6-7-14-15(10-13)17-12(3)16-14/h6-7,10H,4-5,8-9,11H2,1-3H3,(H,16,17). The van der Waals surface area contributed by atoms with Crippen molar-refractivity contribution in [1.29, 1.82) is 0 Å². The lowest BCUT2D eigenvalue weighted by atomic mass is 10.2. The average molecular weight is 245 g/mol. The molecule has 3 nitrogen and oxygen atoms in total. The molecule has 0 unspecified atom stereocenters. The zero-order valence-corrected chi connectivity index (χ0v) is 11.7. The molecule has 0 amide bonds. The lowest BCUT2D eigenvalue weighted by molar-refractivity contribution is 0.266. The normalized spacial score (nSPS) is 11.6. The van der Waals surface area contributed by atoms with Gasteiger partial charge in [0.1, 0.15) is 5.82 Å². The number of aromatic nitrogens is 2. The Kier molecular flexibility index (Phi) is 4.37. The molecule has 2 rings (SSSR count). The number of imidazole rings is 1. The van der Waals surface area contributed by atoms with E-state index in [9.17, 15) is 0 Å². The molecule has 0 atom stereocenters. The van der Waals surface area contributed by atoms with Crippen LogP contribution >= 0.6 is 0 Å². The molecule has 1 aromatic heterocycles. The van der Waals surface area contributed by atoms with Crippen LogP contribution in [0.5, 0.6) is 0 Å². The number of benzene rings is 1. The van der Waals surface area contributed by atoms with Crippen molar-refractivity contribution in [3.63, 3.8) is 0 Å². The van der Waals surface area contributed by atoms with Crippen LogP contribution in [0.3, 0.4) is 0 Å². The van der Waals surface area contributed by atoms with Crippen LogP contribution in [-0.4, -0.2) is 28.0 Å². The summed E-state index contributed by atoms with van der Waals surface area (Å²) in [5.74, 6) is 0.987. The van der Waals surface area contributed by atoms with Crippen LogP contribution in [0.4, 0.5) is 0 Å². The fourth-order valence-corrected chi connectivity index (χ4v) is 2.44. The number of hydrogen-bond acceptors (Lipinski definition) is 2. The van der Waals surface area contributed by atoms with Crippen molar-refractivity contribution in [3.8, 4) is 0 Å². The predicted octanol–water partition coefficient (Wildman–Crippen LogP) is 3.49. The summed E-state index contributed by atoms with van der Waals surface area (Å²) in [7, 11) is 0. The van der Waals surface area contributed by atoms with E-state index in [4.69, 9.17) is 0 Å². The molecule has 0 aliphatic heterocycles. The van der Waals surface area contributed by atoms with Crippen LogP contribution in [0.25, 0.3) is 11.0 Å². The van der Waals surface area contributed by atoms with Gasteiger partial charge in [-0.2, -0.15) is 0 Å². The van der Waals surface area contributed by atoms with Crippen molar-refractivity contribution in [3.05, 3.63) is 29.6 Å². The van der Waals surface area contributed by atoms with E-state index in [0.29, 0.717) is 0 Å². The summed E-state index contributed by atoms with van der Waals surface area (Å²) in [6, 6.07) is 6.54. The summed E-state index contributed by atoms with van der Waals surface area (Å²) in [6.07, 6.45) is 2.43. The highest BCUT2D eigenvalue weighted by Crippen LogP contribution is 2.15. The fourth-order valence-electron chi connectivity index (χ4n) is 2.44. The molecule has 18 heavy (non-hydrogen) atoms. The largest absolute Gasteiger partial charge is 0.342 e. The van der Waals surface area contributed by atoms with Gasteiger partial charge in [0.05, 0.1) is 11.0 Å². The van der Waals surface area contributed by atoms with Gasteiger partial charge in [0.25, 0.3) is 0 Å². The SMILES string of the molecule is CCCN(CCC)Cc1ccc2nc(C)[nH]c2c1. The van der Waals surface area contributed by atoms with Crippen molar-refractivity contribution in [2.45, 2.75) is 40.2 Å². The second-order valence-corrected chi connectivity index (χ2v) is 4.95. The minimum absolute atomic E-state index is 0.987. The van der Waals surface area contributed by atoms with Crippen molar-refractivity contribution in [2.24, 2.45) is 0 Å². The number of H-pyrrole nitrogens is 1. The minimum atomic E-state index is 0.987. The molecule has 3 heteroatoms. The van der Waals surface area contributed by atoms with Crippen LogP contribution in [-0.2, 0) is 6.54 Å². The zero-order chi connectivity index (χ0) is 13.0. The van der Waals surface area contributed by atoms with Gasteiger partial charge in [-0.1, -0.05) is 19.9 Å². The molecule has 0 saturated carbocycles. The van der Waals surface area contributed by atoms with E-state index in [1.165, 1.54) is 31.5 Å². The predicted molar refractivity (Wildman–Crippen MR) is 76.7 cm³/mol. The highest BCUT2D eigenvalue weighted by molar-refractivity contribution is 5.75. The van der Waals surface area contributed by atoms with Crippen LogP contribution in [0.1, 0.15) is 38.1 Å². The summed E-state index contributed by atoms with van der Waals surface area (Å²) in [5.41, 5.74) is 3.58. The van der Waals surface area contributed by atoms with E-state index in [1.807, 2.05) is 6.92 Å². The number of aromatic amines is 1. The second-order valence-electron chi connectivity index (χ2n) is 4.95. The molecular formula is C15H23N3. The maximum atomic E-state index is 4.44. The second kappa shape index (κ2) is 6.01. The highest BCUT2D eigenvalue weighted by atomic mass is 15.1. The quantitative estimate of drug-likeness (QED) is 0.844. The molecular weight excluding hydrogens is 222 g/mol. The van der Waals surface area contributed by atoms with E-state index < -0.39 is 0 Å². The average Bonchev–Trinajstić information content (AvgIpc) is 2.69. The summed E-state index contributed by atoms with van der Waals surface area (Å²) >= 11 is 0. The monoisotopic (exact) mass is 245 g/mol. The minimum Gasteiger partial charge on any atom is -0.342 e. The number of fused-ring (bicyclic) bond motifs is 1. The molecule has 0 aliphatic carbocycles. The van der Waals surface area contributed by atoms with Crippen LogP contribution < -0.4 is 0 Å². The molecule has 0 spiro atoms. The zero-order valence-electron chi connectivity index (χ0n) is 11.7. The number of nitrogens with one attached hydrogen (secondary N) is 1. The fraction of sp³-hybridized carbons (Fsp3) is 0.533. The Morgan fingerprint density at radius 3 is 2.56 bits per heavy atom. The topological polar surface area (TPSA) is 31.9 Å². The van der Waals surface area contributed by atoms with E-state index in [2.05, 4.69) is 46.9 Å². The first-order valence-electron chi connectivity index (χ1n) is 6.90. The van der Waals surface area contributed by atoms with Gasteiger partial charge in [-0.3, -0.25) is 4.90 Å². The summed E-state index contributed by atoms with van der Waals surface area (Å²) in [5, 5.41) is 0. The third-order valence-corrected chi connectivity index (χ3v) is 3.15. The molecule has 0 fully saturated rings. The van der Waals surface area contributed by atoms with E-state index >= 15 is 0 Å². The Hall–Kier alpha value is -1.35. The first kappa shape index (κ1) is 13.1. The Morgan fingerprint density at radius 1 is 1.17 bits per heavy atom. The lowest BCUT2D eigenvalue weighted by Crippen LogP contribution is -2.24. The van der Waals surface area contributed by atoms with Crippen LogP contribution in [0.15, 0.2) is 18.2 Å². The van der Waals surface area contributed by atoms with Crippen LogP contribution in [0, 0.1) is 6.92 Å². The van der Waals surface area contributed by atoms with E-state index in [1.54, 1.807) is 0 Å². The van der Waals surface area contributed by atoms with Gasteiger partial charge in [0.15, 0.2) is 0 Å². The Balaban J connectivity index is 2.14. The van der Waals surface area contributed by atoms with Crippen molar-refractivity contribution in [2.75, 3.05) is 13.1 Å². The Morgan fingerprint density at radius 2 is 1.89 bits per heavy atom.